The summed E-state index contributed by atoms with van der Waals surface area (Å²) in [4.78, 5) is 0. The first-order valence-electron chi connectivity index (χ1n) is 5.19. The number of hydrogen-bond acceptors (Lipinski definition) is 4. The van der Waals surface area contributed by atoms with Gasteiger partial charge in [0.05, 0.1) is 23.2 Å². The minimum Gasteiger partial charge on any atom is -0.376 e. The van der Waals surface area contributed by atoms with Gasteiger partial charge in [-0.1, -0.05) is 0 Å². The molecule has 1 atom stereocenters. The lowest BCUT2D eigenvalue weighted by Gasteiger charge is -2.20. The third kappa shape index (κ3) is 5.49. The van der Waals surface area contributed by atoms with Crippen LogP contribution in [0.1, 0.15) is 27.7 Å². The first kappa shape index (κ1) is 14.9. The van der Waals surface area contributed by atoms with Crippen molar-refractivity contribution in [2.24, 2.45) is 0 Å². The Morgan fingerprint density at radius 3 is 2.27 bits per heavy atom. The Morgan fingerprint density at radius 2 is 1.87 bits per heavy atom. The van der Waals surface area contributed by atoms with Gasteiger partial charge in [-0.15, -0.1) is 0 Å². The summed E-state index contributed by atoms with van der Waals surface area (Å²) in [5, 5.41) is 2.97. The Hall–Kier alpha value is -0.130. The van der Waals surface area contributed by atoms with E-state index >= 15 is 0 Å². The summed E-state index contributed by atoms with van der Waals surface area (Å²) in [5.41, 5.74) is 0. The van der Waals surface area contributed by atoms with Crippen molar-refractivity contribution in [3.8, 4) is 0 Å². The average molecular weight is 237 g/mol. The SMILES string of the molecule is CNCC(C)OCCS(=O)(=O)C(C)(C)C. The number of rotatable bonds is 6. The molecule has 4 nitrogen and oxygen atoms in total. The van der Waals surface area contributed by atoms with E-state index in [0.717, 1.165) is 6.54 Å². The standard InChI is InChI=1S/C10H23NO3S/c1-9(8-11-5)14-6-7-15(12,13)10(2,3)4/h9,11H,6-8H2,1-5H3. The summed E-state index contributed by atoms with van der Waals surface area (Å²) in [6.07, 6.45) is 0.0465. The van der Waals surface area contributed by atoms with E-state index in [4.69, 9.17) is 4.74 Å². The number of likely N-dealkylation sites (N-methyl/N-ethyl adjacent to an activating group) is 1. The Labute approximate surface area is 93.3 Å². The minimum atomic E-state index is -3.05. The normalized spacial score (nSPS) is 15.3. The van der Waals surface area contributed by atoms with Gasteiger partial charge >= 0.3 is 0 Å². The summed E-state index contributed by atoms with van der Waals surface area (Å²) >= 11 is 0. The van der Waals surface area contributed by atoms with Crippen LogP contribution in [0.15, 0.2) is 0 Å². The van der Waals surface area contributed by atoms with E-state index < -0.39 is 14.6 Å². The molecule has 0 fully saturated rings. The summed E-state index contributed by atoms with van der Waals surface area (Å²) in [5.74, 6) is 0.0879. The van der Waals surface area contributed by atoms with E-state index in [1.807, 2.05) is 14.0 Å². The van der Waals surface area contributed by atoms with Gasteiger partial charge in [0.15, 0.2) is 9.84 Å². The smallest absolute Gasteiger partial charge is 0.157 e. The molecule has 0 aromatic rings. The van der Waals surface area contributed by atoms with Crippen LogP contribution in [-0.2, 0) is 14.6 Å². The molecule has 1 unspecified atom stereocenters. The number of sulfone groups is 1. The first-order valence-corrected chi connectivity index (χ1v) is 6.84. The molecule has 1 N–H and O–H groups in total. The van der Waals surface area contributed by atoms with E-state index in [0.29, 0.717) is 0 Å². The molecule has 0 heterocycles. The summed E-state index contributed by atoms with van der Waals surface area (Å²) in [6.45, 7) is 8.04. The zero-order valence-electron chi connectivity index (χ0n) is 10.3. The molecule has 0 bridgehead atoms. The molecule has 15 heavy (non-hydrogen) atoms. The molecule has 0 rings (SSSR count). The molecule has 5 heteroatoms. The highest BCUT2D eigenvalue weighted by Gasteiger charge is 2.28. The number of ether oxygens (including phenoxy) is 1. The highest BCUT2D eigenvalue weighted by atomic mass is 32.2. The quantitative estimate of drug-likeness (QED) is 0.743. The third-order valence-electron chi connectivity index (χ3n) is 2.18. The van der Waals surface area contributed by atoms with Gasteiger partial charge < -0.3 is 10.1 Å². The van der Waals surface area contributed by atoms with Crippen LogP contribution in [0.3, 0.4) is 0 Å². The van der Waals surface area contributed by atoms with Crippen molar-refractivity contribution in [2.45, 2.75) is 38.5 Å². The lowest BCUT2D eigenvalue weighted by atomic mass is 10.3. The van der Waals surface area contributed by atoms with Crippen molar-refractivity contribution in [3.05, 3.63) is 0 Å². The van der Waals surface area contributed by atoms with Crippen LogP contribution in [0, 0.1) is 0 Å². The van der Waals surface area contributed by atoms with Gasteiger partial charge in [-0.3, -0.25) is 0 Å². The van der Waals surface area contributed by atoms with Crippen LogP contribution in [0.25, 0.3) is 0 Å². The average Bonchev–Trinajstić information content (AvgIpc) is 2.01. The van der Waals surface area contributed by atoms with Crippen LogP contribution in [0.5, 0.6) is 0 Å². The molecule has 0 aliphatic carbocycles. The second kappa shape index (κ2) is 5.82. The lowest BCUT2D eigenvalue weighted by molar-refractivity contribution is 0.0787. The fourth-order valence-corrected chi connectivity index (χ4v) is 1.94. The molecule has 0 saturated carbocycles. The number of nitrogens with one attached hydrogen (secondary N) is 1. The van der Waals surface area contributed by atoms with Crippen molar-refractivity contribution in [1.29, 1.82) is 0 Å². The topological polar surface area (TPSA) is 55.4 Å². The maximum absolute atomic E-state index is 11.7. The van der Waals surface area contributed by atoms with Gasteiger partial charge in [-0.05, 0) is 34.7 Å². The van der Waals surface area contributed by atoms with Crippen LogP contribution >= 0.6 is 0 Å². The molecule has 0 saturated heterocycles. The molecule has 0 aromatic carbocycles. The fourth-order valence-electron chi connectivity index (χ4n) is 1.01. The van der Waals surface area contributed by atoms with E-state index in [9.17, 15) is 8.42 Å². The Balaban J connectivity index is 3.97. The molecule has 0 aliphatic rings. The zero-order chi connectivity index (χ0) is 12.1. The van der Waals surface area contributed by atoms with Crippen molar-refractivity contribution in [3.63, 3.8) is 0 Å². The molecule has 0 aliphatic heterocycles. The maximum atomic E-state index is 11.7. The lowest BCUT2D eigenvalue weighted by Crippen LogP contribution is -2.33. The summed E-state index contributed by atoms with van der Waals surface area (Å²) in [7, 11) is -1.21. The summed E-state index contributed by atoms with van der Waals surface area (Å²) in [6, 6.07) is 0. The van der Waals surface area contributed by atoms with E-state index in [-0.39, 0.29) is 18.5 Å². The molecule has 92 valence electrons. The van der Waals surface area contributed by atoms with Crippen LogP contribution in [0.2, 0.25) is 0 Å². The summed E-state index contributed by atoms with van der Waals surface area (Å²) < 4.78 is 28.1. The predicted molar refractivity (Wildman–Crippen MR) is 62.9 cm³/mol. The first-order chi connectivity index (χ1) is 6.70. The fraction of sp³-hybridized carbons (Fsp3) is 1.00. The molecular weight excluding hydrogens is 214 g/mol. The van der Waals surface area contributed by atoms with Gasteiger partial charge in [0.2, 0.25) is 0 Å². The highest BCUT2D eigenvalue weighted by molar-refractivity contribution is 7.92. The van der Waals surface area contributed by atoms with Crippen LogP contribution in [-0.4, -0.2) is 45.2 Å². The zero-order valence-corrected chi connectivity index (χ0v) is 11.1. The van der Waals surface area contributed by atoms with Gasteiger partial charge in [-0.25, -0.2) is 8.42 Å². The van der Waals surface area contributed by atoms with Gasteiger partial charge in [-0.2, -0.15) is 0 Å². The van der Waals surface area contributed by atoms with Crippen molar-refractivity contribution in [2.75, 3.05) is 26.0 Å². The van der Waals surface area contributed by atoms with Gasteiger partial charge in [0, 0.05) is 6.54 Å². The Morgan fingerprint density at radius 1 is 1.33 bits per heavy atom. The van der Waals surface area contributed by atoms with Gasteiger partial charge in [0.25, 0.3) is 0 Å². The molecular formula is C10H23NO3S. The molecule has 0 aromatic heterocycles. The second-order valence-corrected chi connectivity index (χ2v) is 7.53. The van der Waals surface area contributed by atoms with Crippen molar-refractivity contribution in [1.82, 2.24) is 5.32 Å². The minimum absolute atomic E-state index is 0.0465. The second-order valence-electron chi connectivity index (χ2n) is 4.67. The van der Waals surface area contributed by atoms with E-state index in [2.05, 4.69) is 5.32 Å². The molecule has 0 spiro atoms. The van der Waals surface area contributed by atoms with E-state index in [1.165, 1.54) is 0 Å². The van der Waals surface area contributed by atoms with Crippen molar-refractivity contribution >= 4 is 9.84 Å². The molecule has 0 amide bonds. The highest BCUT2D eigenvalue weighted by Crippen LogP contribution is 2.15. The third-order valence-corrected chi connectivity index (χ3v) is 4.75. The maximum Gasteiger partial charge on any atom is 0.157 e. The largest absolute Gasteiger partial charge is 0.376 e. The monoisotopic (exact) mass is 237 g/mol. The van der Waals surface area contributed by atoms with Crippen LogP contribution < -0.4 is 5.32 Å². The number of hydrogen-bond donors (Lipinski definition) is 1. The van der Waals surface area contributed by atoms with Gasteiger partial charge in [0.1, 0.15) is 0 Å². The Kier molecular flexibility index (Phi) is 5.77. The predicted octanol–water partition coefficient (Wildman–Crippen LogP) is 0.824. The van der Waals surface area contributed by atoms with Crippen molar-refractivity contribution < 1.29 is 13.2 Å². The van der Waals surface area contributed by atoms with Crippen LogP contribution in [0.4, 0.5) is 0 Å². The Bertz CT molecular complexity index is 267. The molecule has 0 radical (unpaired) electrons. The van der Waals surface area contributed by atoms with E-state index in [1.54, 1.807) is 20.8 Å².